The standard InChI is InChI=1S/C15H26N4O2S2/c1-11(13(20)17-10-12-6-4-3-5-7-12)22-15-19-18-14(23-15)16-8-9-21-2/h11-12H,3-10H2,1-2H3,(H,16,18)(H,17,20). The molecule has 6 nitrogen and oxygen atoms in total. The third-order valence-corrected chi connectivity index (χ3v) is 5.99. The molecule has 1 heterocycles. The number of aromatic nitrogens is 2. The van der Waals surface area contributed by atoms with E-state index in [2.05, 4.69) is 20.8 Å². The van der Waals surface area contributed by atoms with Gasteiger partial charge in [-0.25, -0.2) is 0 Å². The molecule has 1 aliphatic carbocycles. The molecule has 1 saturated carbocycles. The monoisotopic (exact) mass is 358 g/mol. The molecule has 0 radical (unpaired) electrons. The minimum atomic E-state index is -0.154. The van der Waals surface area contributed by atoms with Gasteiger partial charge in [0, 0.05) is 20.2 Å². The Morgan fingerprint density at radius 2 is 2.17 bits per heavy atom. The topological polar surface area (TPSA) is 76.1 Å². The number of hydrogen-bond acceptors (Lipinski definition) is 7. The van der Waals surface area contributed by atoms with Gasteiger partial charge in [-0.15, -0.1) is 10.2 Å². The molecule has 1 aromatic rings. The molecule has 1 amide bonds. The molecule has 1 unspecified atom stereocenters. The summed E-state index contributed by atoms with van der Waals surface area (Å²) in [6, 6.07) is 0. The highest BCUT2D eigenvalue weighted by Gasteiger charge is 2.19. The van der Waals surface area contributed by atoms with Crippen molar-refractivity contribution in [2.24, 2.45) is 5.92 Å². The average Bonchev–Trinajstić information content (AvgIpc) is 3.01. The van der Waals surface area contributed by atoms with Crippen molar-refractivity contribution >= 4 is 34.1 Å². The van der Waals surface area contributed by atoms with Gasteiger partial charge >= 0.3 is 0 Å². The molecule has 8 heteroatoms. The number of rotatable bonds is 9. The number of methoxy groups -OCH3 is 1. The van der Waals surface area contributed by atoms with E-state index >= 15 is 0 Å². The maximum atomic E-state index is 12.2. The molecule has 0 bridgehead atoms. The first kappa shape index (κ1) is 18.5. The first-order chi connectivity index (χ1) is 11.2. The first-order valence-corrected chi connectivity index (χ1v) is 9.89. The lowest BCUT2D eigenvalue weighted by molar-refractivity contribution is -0.120. The van der Waals surface area contributed by atoms with E-state index in [1.165, 1.54) is 55.2 Å². The van der Waals surface area contributed by atoms with Gasteiger partial charge in [-0.05, 0) is 25.7 Å². The van der Waals surface area contributed by atoms with Gasteiger partial charge < -0.3 is 15.4 Å². The molecule has 0 spiro atoms. The molecule has 2 rings (SSSR count). The lowest BCUT2D eigenvalue weighted by Crippen LogP contribution is -2.35. The molecule has 0 aromatic carbocycles. The van der Waals surface area contributed by atoms with Crippen molar-refractivity contribution in [3.8, 4) is 0 Å². The highest BCUT2D eigenvalue weighted by molar-refractivity contribution is 8.02. The largest absolute Gasteiger partial charge is 0.383 e. The van der Waals surface area contributed by atoms with Crippen LogP contribution in [0.5, 0.6) is 0 Å². The number of ether oxygens (including phenoxy) is 1. The summed E-state index contributed by atoms with van der Waals surface area (Å²) < 4.78 is 5.79. The average molecular weight is 359 g/mol. The van der Waals surface area contributed by atoms with Gasteiger partial charge in [-0.3, -0.25) is 4.79 Å². The van der Waals surface area contributed by atoms with Crippen LogP contribution in [0, 0.1) is 5.92 Å². The van der Waals surface area contributed by atoms with Gasteiger partial charge in [0.25, 0.3) is 0 Å². The van der Waals surface area contributed by atoms with E-state index in [0.717, 1.165) is 16.0 Å². The molecule has 0 saturated heterocycles. The maximum Gasteiger partial charge on any atom is 0.233 e. The molecule has 1 aromatic heterocycles. The Kier molecular flexibility index (Phi) is 8.11. The van der Waals surface area contributed by atoms with Crippen LogP contribution in [0.25, 0.3) is 0 Å². The van der Waals surface area contributed by atoms with Crippen molar-refractivity contribution in [1.82, 2.24) is 15.5 Å². The first-order valence-electron chi connectivity index (χ1n) is 8.19. The summed E-state index contributed by atoms with van der Waals surface area (Å²) in [5, 5.41) is 15.0. The summed E-state index contributed by atoms with van der Waals surface area (Å²) in [4.78, 5) is 12.2. The Balaban J connectivity index is 1.70. The van der Waals surface area contributed by atoms with Crippen molar-refractivity contribution in [2.75, 3.05) is 32.1 Å². The Hall–Kier alpha value is -0.860. The number of thioether (sulfide) groups is 1. The summed E-state index contributed by atoms with van der Waals surface area (Å²) in [6.45, 7) is 4.05. The Morgan fingerprint density at radius 1 is 1.39 bits per heavy atom. The molecule has 1 fully saturated rings. The zero-order chi connectivity index (χ0) is 16.5. The van der Waals surface area contributed by atoms with Crippen LogP contribution in [0.3, 0.4) is 0 Å². The van der Waals surface area contributed by atoms with Gasteiger partial charge in [0.1, 0.15) is 0 Å². The maximum absolute atomic E-state index is 12.2. The van der Waals surface area contributed by atoms with Gasteiger partial charge in [0.15, 0.2) is 4.34 Å². The number of carbonyl (C=O) groups excluding carboxylic acids is 1. The third-order valence-electron chi connectivity index (χ3n) is 3.93. The highest BCUT2D eigenvalue weighted by atomic mass is 32.2. The van der Waals surface area contributed by atoms with Crippen LogP contribution in [-0.4, -0.2) is 48.2 Å². The normalized spacial score (nSPS) is 17.0. The SMILES string of the molecule is COCCNc1nnc(SC(C)C(=O)NCC2CCCCC2)s1. The third kappa shape index (κ3) is 6.64. The second-order valence-electron chi connectivity index (χ2n) is 5.80. The zero-order valence-electron chi connectivity index (χ0n) is 13.8. The Labute approximate surface area is 146 Å². The van der Waals surface area contributed by atoms with Crippen molar-refractivity contribution in [2.45, 2.75) is 48.6 Å². The van der Waals surface area contributed by atoms with Crippen molar-refractivity contribution in [3.63, 3.8) is 0 Å². The Morgan fingerprint density at radius 3 is 2.91 bits per heavy atom. The van der Waals surface area contributed by atoms with E-state index < -0.39 is 0 Å². The van der Waals surface area contributed by atoms with Crippen molar-refractivity contribution < 1.29 is 9.53 Å². The fourth-order valence-corrected chi connectivity index (χ4v) is 4.52. The summed E-state index contributed by atoms with van der Waals surface area (Å²) in [5.41, 5.74) is 0. The molecule has 130 valence electrons. The molecule has 23 heavy (non-hydrogen) atoms. The van der Waals surface area contributed by atoms with Gasteiger partial charge in [0.2, 0.25) is 11.0 Å². The lowest BCUT2D eigenvalue weighted by atomic mass is 9.89. The summed E-state index contributed by atoms with van der Waals surface area (Å²) in [5.74, 6) is 0.743. The number of nitrogens with zero attached hydrogens (tertiary/aromatic N) is 2. The molecule has 1 aliphatic rings. The highest BCUT2D eigenvalue weighted by Crippen LogP contribution is 2.29. The minimum Gasteiger partial charge on any atom is -0.383 e. The molecule has 2 N–H and O–H groups in total. The van der Waals surface area contributed by atoms with Gasteiger partial charge in [-0.1, -0.05) is 42.4 Å². The van der Waals surface area contributed by atoms with Crippen LogP contribution in [0.1, 0.15) is 39.0 Å². The Bertz CT molecular complexity index is 478. The fraction of sp³-hybridized carbons (Fsp3) is 0.800. The van der Waals surface area contributed by atoms with Crippen molar-refractivity contribution in [3.05, 3.63) is 0 Å². The van der Waals surface area contributed by atoms with E-state index in [-0.39, 0.29) is 11.2 Å². The van der Waals surface area contributed by atoms with E-state index in [9.17, 15) is 4.79 Å². The lowest BCUT2D eigenvalue weighted by Gasteiger charge is -2.22. The summed E-state index contributed by atoms with van der Waals surface area (Å²) in [7, 11) is 1.66. The molecular weight excluding hydrogens is 332 g/mol. The number of anilines is 1. The van der Waals surface area contributed by atoms with Crippen molar-refractivity contribution in [1.29, 1.82) is 0 Å². The van der Waals surface area contributed by atoms with E-state index in [0.29, 0.717) is 19.1 Å². The number of hydrogen-bond donors (Lipinski definition) is 2. The van der Waals surface area contributed by atoms with Crippen LogP contribution in [0.2, 0.25) is 0 Å². The second kappa shape index (κ2) is 10.1. The number of amides is 1. The number of carbonyl (C=O) groups is 1. The van der Waals surface area contributed by atoms with Crippen LogP contribution < -0.4 is 10.6 Å². The quantitative estimate of drug-likeness (QED) is 0.522. The summed E-state index contributed by atoms with van der Waals surface area (Å²) in [6.07, 6.45) is 6.43. The summed E-state index contributed by atoms with van der Waals surface area (Å²) >= 11 is 2.93. The van der Waals surface area contributed by atoms with Gasteiger partial charge in [-0.2, -0.15) is 0 Å². The molecule has 1 atom stereocenters. The van der Waals surface area contributed by atoms with E-state index in [1.54, 1.807) is 7.11 Å². The zero-order valence-corrected chi connectivity index (χ0v) is 15.5. The van der Waals surface area contributed by atoms with Crippen LogP contribution in [-0.2, 0) is 9.53 Å². The van der Waals surface area contributed by atoms with E-state index in [4.69, 9.17) is 4.74 Å². The predicted octanol–water partition coefficient (Wildman–Crippen LogP) is 2.77. The van der Waals surface area contributed by atoms with Crippen LogP contribution in [0.4, 0.5) is 5.13 Å². The van der Waals surface area contributed by atoms with E-state index in [1.807, 2.05) is 6.92 Å². The van der Waals surface area contributed by atoms with Crippen LogP contribution in [0.15, 0.2) is 4.34 Å². The van der Waals surface area contributed by atoms with Gasteiger partial charge in [0.05, 0.1) is 11.9 Å². The van der Waals surface area contributed by atoms with Crippen LogP contribution >= 0.6 is 23.1 Å². The second-order valence-corrected chi connectivity index (χ2v) is 8.37. The minimum absolute atomic E-state index is 0.0877. The number of nitrogens with one attached hydrogen (secondary N) is 2. The predicted molar refractivity (Wildman–Crippen MR) is 95.2 cm³/mol. The molecule has 0 aliphatic heterocycles. The smallest absolute Gasteiger partial charge is 0.233 e. The fourth-order valence-electron chi connectivity index (χ4n) is 2.57. The molecular formula is C15H26N4O2S2.